The Labute approximate surface area is 141 Å². The summed E-state index contributed by atoms with van der Waals surface area (Å²) in [4.78, 5) is 37.9. The summed E-state index contributed by atoms with van der Waals surface area (Å²) >= 11 is 1.51. The summed E-state index contributed by atoms with van der Waals surface area (Å²) in [5.41, 5.74) is -0.533. The van der Waals surface area contributed by atoms with E-state index in [4.69, 9.17) is 4.74 Å². The Morgan fingerprint density at radius 2 is 2.00 bits per heavy atom. The van der Waals surface area contributed by atoms with Crippen LogP contribution in [0.2, 0.25) is 0 Å². The van der Waals surface area contributed by atoms with Crippen LogP contribution in [0.15, 0.2) is 10.6 Å². The van der Waals surface area contributed by atoms with E-state index in [1.165, 1.54) is 18.7 Å². The van der Waals surface area contributed by atoms with Gasteiger partial charge in [0, 0.05) is 30.5 Å². The van der Waals surface area contributed by atoms with Crippen LogP contribution in [-0.4, -0.2) is 46.1 Å². The number of fused-ring (bicyclic) bond motifs is 1. The third kappa shape index (κ3) is 3.88. The molecule has 0 aromatic rings. The number of hydrogen-bond acceptors (Lipinski definition) is 5. The zero-order chi connectivity index (χ0) is 17.4. The van der Waals surface area contributed by atoms with E-state index < -0.39 is 11.6 Å². The number of nitrogens with zero attached hydrogens (tertiary/aromatic N) is 1. The summed E-state index contributed by atoms with van der Waals surface area (Å²) in [6.07, 6.45) is 1.12. The molecule has 0 spiro atoms. The predicted molar refractivity (Wildman–Crippen MR) is 88.5 cm³/mol. The van der Waals surface area contributed by atoms with Crippen LogP contribution in [0.25, 0.3) is 0 Å². The highest BCUT2D eigenvalue weighted by atomic mass is 32.2. The second kappa shape index (κ2) is 6.19. The quantitative estimate of drug-likeness (QED) is 0.469. The van der Waals surface area contributed by atoms with Crippen molar-refractivity contribution in [2.45, 2.75) is 58.6 Å². The van der Waals surface area contributed by atoms with Crippen LogP contribution in [0.1, 0.15) is 47.5 Å². The van der Waals surface area contributed by atoms with Gasteiger partial charge in [0.15, 0.2) is 0 Å². The van der Waals surface area contributed by atoms with Crippen molar-refractivity contribution in [2.24, 2.45) is 0 Å². The van der Waals surface area contributed by atoms with Crippen LogP contribution in [0.3, 0.4) is 0 Å². The summed E-state index contributed by atoms with van der Waals surface area (Å²) in [6.45, 7) is 9.40. The van der Waals surface area contributed by atoms with E-state index in [-0.39, 0.29) is 17.4 Å². The van der Waals surface area contributed by atoms with Crippen LogP contribution in [0.4, 0.5) is 0 Å². The second-order valence-corrected chi connectivity index (χ2v) is 8.37. The molecule has 2 amide bonds. The molecule has 1 fully saturated rings. The molecule has 0 aromatic heterocycles. The van der Waals surface area contributed by atoms with Crippen LogP contribution in [0, 0.1) is 0 Å². The van der Waals surface area contributed by atoms with Gasteiger partial charge in [-0.15, -0.1) is 11.8 Å². The summed E-state index contributed by atoms with van der Waals surface area (Å²) in [7, 11) is 0. The van der Waals surface area contributed by atoms with Crippen molar-refractivity contribution in [1.29, 1.82) is 0 Å². The number of thioether (sulfide) groups is 1. The second-order valence-electron chi connectivity index (χ2n) is 7.18. The fourth-order valence-electron chi connectivity index (χ4n) is 2.84. The lowest BCUT2D eigenvalue weighted by atomic mass is 9.86. The van der Waals surface area contributed by atoms with E-state index >= 15 is 0 Å². The van der Waals surface area contributed by atoms with Gasteiger partial charge in [0.25, 0.3) is 0 Å². The lowest BCUT2D eigenvalue weighted by Crippen LogP contribution is -2.59. The van der Waals surface area contributed by atoms with Crippen LogP contribution in [-0.2, 0) is 19.1 Å². The first kappa shape index (κ1) is 17.8. The Morgan fingerprint density at radius 1 is 1.35 bits per heavy atom. The van der Waals surface area contributed by atoms with E-state index in [1.54, 1.807) is 25.7 Å². The first-order chi connectivity index (χ1) is 10.5. The van der Waals surface area contributed by atoms with Gasteiger partial charge >= 0.3 is 5.97 Å². The third-order valence-electron chi connectivity index (χ3n) is 3.69. The average molecular weight is 340 g/mol. The molecule has 0 aromatic carbocycles. The minimum Gasteiger partial charge on any atom is -0.455 e. The fourth-order valence-corrected chi connectivity index (χ4v) is 4.01. The molecule has 1 atom stereocenters. The standard InChI is InChI=1S/C16H24N2O4S/c1-10(19)17-6-7-23-11-8-16(5)9-12(20)18(16)13(11)14(21)22-15(2,3)4/h6-9H2,1-5H3,(H,17,19). The monoisotopic (exact) mass is 340 g/mol. The molecule has 128 valence electrons. The first-order valence-corrected chi connectivity index (χ1v) is 8.69. The van der Waals surface area contributed by atoms with Crippen molar-refractivity contribution >= 4 is 29.5 Å². The molecule has 1 unspecified atom stereocenters. The number of carbonyl (C=O) groups is 3. The van der Waals surface area contributed by atoms with Gasteiger partial charge in [-0.05, 0) is 27.7 Å². The van der Waals surface area contributed by atoms with E-state index in [2.05, 4.69) is 5.32 Å². The molecule has 0 aliphatic carbocycles. The highest BCUT2D eigenvalue weighted by molar-refractivity contribution is 8.03. The van der Waals surface area contributed by atoms with Crippen molar-refractivity contribution in [2.75, 3.05) is 12.3 Å². The Bertz CT molecular complexity index is 579. The maximum atomic E-state index is 12.5. The number of hydrogen-bond donors (Lipinski definition) is 1. The van der Waals surface area contributed by atoms with Gasteiger partial charge in [0.1, 0.15) is 11.3 Å². The van der Waals surface area contributed by atoms with E-state index in [0.717, 1.165) is 4.91 Å². The minimum absolute atomic E-state index is 0.0363. The molecule has 2 aliphatic heterocycles. The Hall–Kier alpha value is -1.50. The van der Waals surface area contributed by atoms with Gasteiger partial charge in [0.05, 0.1) is 12.0 Å². The number of rotatable bonds is 5. The number of carbonyl (C=O) groups excluding carboxylic acids is 3. The fraction of sp³-hybridized carbons (Fsp3) is 0.688. The molecule has 1 N–H and O–H groups in total. The van der Waals surface area contributed by atoms with E-state index in [1.807, 2.05) is 6.92 Å². The zero-order valence-corrected chi connectivity index (χ0v) is 15.1. The molecule has 2 rings (SSSR count). The van der Waals surface area contributed by atoms with Crippen molar-refractivity contribution in [1.82, 2.24) is 10.2 Å². The third-order valence-corrected chi connectivity index (χ3v) is 4.79. The topological polar surface area (TPSA) is 75.7 Å². The molecule has 2 heterocycles. The van der Waals surface area contributed by atoms with Gasteiger partial charge in [-0.2, -0.15) is 0 Å². The number of nitrogens with one attached hydrogen (secondary N) is 1. The highest BCUT2D eigenvalue weighted by Crippen LogP contribution is 2.50. The van der Waals surface area contributed by atoms with Gasteiger partial charge in [0.2, 0.25) is 11.8 Å². The van der Waals surface area contributed by atoms with Crippen molar-refractivity contribution < 1.29 is 19.1 Å². The molecular formula is C16H24N2O4S. The summed E-state index contributed by atoms with van der Waals surface area (Å²) in [5.74, 6) is 0.0886. The van der Waals surface area contributed by atoms with Gasteiger partial charge in [-0.1, -0.05) is 0 Å². The van der Waals surface area contributed by atoms with Gasteiger partial charge in [-0.3, -0.25) is 14.5 Å². The van der Waals surface area contributed by atoms with Crippen molar-refractivity contribution in [3.8, 4) is 0 Å². The number of esters is 1. The zero-order valence-electron chi connectivity index (χ0n) is 14.3. The molecule has 23 heavy (non-hydrogen) atoms. The molecule has 6 nitrogen and oxygen atoms in total. The van der Waals surface area contributed by atoms with Crippen LogP contribution in [0.5, 0.6) is 0 Å². The number of ether oxygens (including phenoxy) is 1. The predicted octanol–water partition coefficient (Wildman–Crippen LogP) is 1.80. The van der Waals surface area contributed by atoms with E-state index in [0.29, 0.717) is 30.8 Å². The lowest BCUT2D eigenvalue weighted by molar-refractivity contribution is -0.161. The number of amides is 2. The molecule has 0 saturated carbocycles. The van der Waals surface area contributed by atoms with Gasteiger partial charge < -0.3 is 10.1 Å². The average Bonchev–Trinajstić information content (AvgIpc) is 2.60. The highest BCUT2D eigenvalue weighted by Gasteiger charge is 2.56. The molecule has 7 heteroatoms. The smallest absolute Gasteiger partial charge is 0.356 e. The molecular weight excluding hydrogens is 316 g/mol. The lowest BCUT2D eigenvalue weighted by Gasteiger charge is -2.45. The van der Waals surface area contributed by atoms with E-state index in [9.17, 15) is 14.4 Å². The molecule has 0 radical (unpaired) electrons. The van der Waals surface area contributed by atoms with Crippen molar-refractivity contribution in [3.63, 3.8) is 0 Å². The maximum Gasteiger partial charge on any atom is 0.356 e. The Kier molecular flexibility index (Phi) is 4.80. The minimum atomic E-state index is -0.608. The molecule has 0 bridgehead atoms. The molecule has 1 saturated heterocycles. The van der Waals surface area contributed by atoms with Gasteiger partial charge in [-0.25, -0.2) is 4.79 Å². The largest absolute Gasteiger partial charge is 0.455 e. The summed E-state index contributed by atoms with van der Waals surface area (Å²) in [5, 5.41) is 2.73. The number of β-lactam (4-membered cyclic amide) rings is 1. The summed E-state index contributed by atoms with van der Waals surface area (Å²) < 4.78 is 5.47. The maximum absolute atomic E-state index is 12.5. The Balaban J connectivity index is 2.14. The summed E-state index contributed by atoms with van der Waals surface area (Å²) in [6, 6.07) is 0. The SMILES string of the molecule is CC(=O)NCCSC1=C(C(=O)OC(C)(C)C)N2C(=O)CC2(C)C1. The molecule has 2 aliphatic rings. The van der Waals surface area contributed by atoms with Crippen molar-refractivity contribution in [3.05, 3.63) is 10.6 Å². The van der Waals surface area contributed by atoms with Crippen LogP contribution >= 0.6 is 11.8 Å². The van der Waals surface area contributed by atoms with Crippen LogP contribution < -0.4 is 5.32 Å². The normalized spacial score (nSPS) is 23.5. The first-order valence-electron chi connectivity index (χ1n) is 7.70. The Morgan fingerprint density at radius 3 is 2.52 bits per heavy atom.